The highest BCUT2D eigenvalue weighted by Crippen LogP contribution is 2.32. The van der Waals surface area contributed by atoms with Crippen LogP contribution < -0.4 is 14.8 Å². The number of amides is 1. The number of halogens is 1. The molecule has 1 aromatic heterocycles. The lowest BCUT2D eigenvalue weighted by molar-refractivity contribution is -0.123. The fraction of sp³-hybridized carbons (Fsp3) is 0.462. The van der Waals surface area contributed by atoms with Gasteiger partial charge < -0.3 is 38.8 Å². The van der Waals surface area contributed by atoms with Crippen LogP contribution in [0, 0.1) is 5.82 Å². The van der Waals surface area contributed by atoms with E-state index in [2.05, 4.69) is 10.3 Å². The molecule has 2 N–H and O–H groups in total. The Labute approximate surface area is 224 Å². The topological polar surface area (TPSA) is 118 Å². The van der Waals surface area contributed by atoms with E-state index in [4.69, 9.17) is 33.5 Å². The maximum atomic E-state index is 13.3. The van der Waals surface area contributed by atoms with E-state index in [0.29, 0.717) is 92.7 Å². The van der Waals surface area contributed by atoms with Gasteiger partial charge in [-0.2, -0.15) is 0 Å². The second-order valence-corrected chi connectivity index (χ2v) is 8.82. The minimum absolute atomic E-state index is 0.0104. The number of fused-ring (bicyclic) bond motifs is 1. The van der Waals surface area contributed by atoms with Crippen LogP contribution >= 0.6 is 11.3 Å². The van der Waals surface area contributed by atoms with Gasteiger partial charge in [0.05, 0.1) is 63.1 Å². The molecule has 208 valence electrons. The number of carbonyl (C=O) groups is 1. The average molecular weight is 553 g/mol. The van der Waals surface area contributed by atoms with Crippen molar-refractivity contribution in [3.8, 4) is 16.7 Å². The third kappa shape index (κ3) is 11.7. The quantitative estimate of drug-likeness (QED) is 0.204. The number of aromatic nitrogens is 1. The van der Waals surface area contributed by atoms with Crippen molar-refractivity contribution in [3.63, 3.8) is 0 Å². The van der Waals surface area contributed by atoms with Crippen LogP contribution in [0.25, 0.3) is 10.2 Å². The Morgan fingerprint density at radius 2 is 1.50 bits per heavy atom. The molecule has 12 heteroatoms. The van der Waals surface area contributed by atoms with Crippen molar-refractivity contribution in [3.05, 3.63) is 48.3 Å². The number of aliphatic hydroxyl groups excluding tert-OH is 1. The lowest BCUT2D eigenvalue weighted by Crippen LogP contribution is -2.30. The molecule has 0 radical (unpaired) electrons. The van der Waals surface area contributed by atoms with Crippen LogP contribution in [0.1, 0.15) is 6.42 Å². The van der Waals surface area contributed by atoms with Crippen LogP contribution in [0.5, 0.6) is 16.7 Å². The first kappa shape index (κ1) is 29.7. The number of hydrogen-bond donors (Lipinski definition) is 2. The molecule has 0 aliphatic heterocycles. The normalized spacial score (nSPS) is 11.1. The van der Waals surface area contributed by atoms with E-state index in [1.165, 1.54) is 23.5 Å². The molecule has 0 atom stereocenters. The number of nitrogens with one attached hydrogen (secondary N) is 1. The molecular formula is C26H33FN2O8S. The van der Waals surface area contributed by atoms with E-state index in [1.807, 2.05) is 0 Å². The van der Waals surface area contributed by atoms with Crippen LogP contribution in [0.3, 0.4) is 0 Å². The predicted octanol–water partition coefficient (Wildman–Crippen LogP) is 3.17. The van der Waals surface area contributed by atoms with Gasteiger partial charge in [-0.15, -0.1) is 0 Å². The fourth-order valence-electron chi connectivity index (χ4n) is 3.05. The number of rotatable bonds is 20. The van der Waals surface area contributed by atoms with Crippen molar-refractivity contribution in [1.82, 2.24) is 10.3 Å². The first-order chi connectivity index (χ1) is 18.6. The highest BCUT2D eigenvalue weighted by Gasteiger charge is 2.08. The predicted molar refractivity (Wildman–Crippen MR) is 140 cm³/mol. The largest absolute Gasteiger partial charge is 0.484 e. The van der Waals surface area contributed by atoms with Gasteiger partial charge in [0.1, 0.15) is 17.3 Å². The van der Waals surface area contributed by atoms with Crippen LogP contribution in [-0.2, 0) is 23.7 Å². The van der Waals surface area contributed by atoms with E-state index in [-0.39, 0.29) is 24.9 Å². The molecular weight excluding hydrogens is 519 g/mol. The minimum atomic E-state index is -0.315. The summed E-state index contributed by atoms with van der Waals surface area (Å²) in [4.78, 5) is 16.3. The lowest BCUT2D eigenvalue weighted by atomic mass is 10.3. The van der Waals surface area contributed by atoms with Gasteiger partial charge in [-0.05, 0) is 48.9 Å². The van der Waals surface area contributed by atoms with Crippen molar-refractivity contribution in [2.24, 2.45) is 0 Å². The summed E-state index contributed by atoms with van der Waals surface area (Å²) >= 11 is 1.26. The van der Waals surface area contributed by atoms with Gasteiger partial charge >= 0.3 is 0 Å². The van der Waals surface area contributed by atoms with E-state index in [1.54, 1.807) is 30.3 Å². The average Bonchev–Trinajstić information content (AvgIpc) is 3.31. The number of thiazole rings is 1. The number of carbonyl (C=O) groups excluding carboxylic acids is 1. The summed E-state index contributed by atoms with van der Waals surface area (Å²) in [5.41, 5.74) is 0.675. The summed E-state index contributed by atoms with van der Waals surface area (Å²) in [6, 6.07) is 11.2. The van der Waals surface area contributed by atoms with E-state index in [0.717, 1.165) is 0 Å². The Kier molecular flexibility index (Phi) is 13.8. The highest BCUT2D eigenvalue weighted by atomic mass is 32.1. The first-order valence-corrected chi connectivity index (χ1v) is 13.1. The van der Waals surface area contributed by atoms with Crippen LogP contribution in [0.15, 0.2) is 42.5 Å². The Morgan fingerprint density at radius 1 is 0.868 bits per heavy atom. The molecule has 0 unspecified atom stereocenters. The van der Waals surface area contributed by atoms with E-state index in [9.17, 15) is 9.18 Å². The van der Waals surface area contributed by atoms with Gasteiger partial charge in [0.2, 0.25) is 0 Å². The second-order valence-electron chi connectivity index (χ2n) is 7.83. The first-order valence-electron chi connectivity index (χ1n) is 12.3. The minimum Gasteiger partial charge on any atom is -0.484 e. The molecule has 0 saturated carbocycles. The van der Waals surface area contributed by atoms with Gasteiger partial charge in [-0.1, -0.05) is 11.3 Å². The molecule has 3 aromatic rings. The van der Waals surface area contributed by atoms with Gasteiger partial charge in [0, 0.05) is 13.2 Å². The molecule has 0 aliphatic carbocycles. The number of hydrogen-bond acceptors (Lipinski definition) is 10. The SMILES string of the molecule is O=C(COc1ccc(Oc2nc3ccc(F)cc3s2)cc1)NCCCOCCOCCOCCOCCO. The second kappa shape index (κ2) is 17.6. The summed E-state index contributed by atoms with van der Waals surface area (Å²) in [6.07, 6.45) is 0.674. The fourth-order valence-corrected chi connectivity index (χ4v) is 3.91. The Bertz CT molecular complexity index is 1080. The van der Waals surface area contributed by atoms with Gasteiger partial charge in [0.15, 0.2) is 6.61 Å². The molecule has 1 heterocycles. The van der Waals surface area contributed by atoms with Crippen molar-refractivity contribution >= 4 is 27.5 Å². The zero-order valence-electron chi connectivity index (χ0n) is 21.1. The molecule has 0 aliphatic rings. The summed E-state index contributed by atoms with van der Waals surface area (Å²) in [5.74, 6) is 0.546. The molecule has 2 aromatic carbocycles. The molecule has 0 spiro atoms. The molecule has 38 heavy (non-hydrogen) atoms. The summed E-state index contributed by atoms with van der Waals surface area (Å²) in [5, 5.41) is 11.8. The van der Waals surface area contributed by atoms with Crippen molar-refractivity contribution < 1.29 is 42.7 Å². The van der Waals surface area contributed by atoms with Crippen LogP contribution in [-0.4, -0.2) is 88.6 Å². The van der Waals surface area contributed by atoms with Gasteiger partial charge in [0.25, 0.3) is 11.1 Å². The molecule has 1 amide bonds. The van der Waals surface area contributed by atoms with E-state index >= 15 is 0 Å². The highest BCUT2D eigenvalue weighted by molar-refractivity contribution is 7.20. The summed E-state index contributed by atoms with van der Waals surface area (Å²) in [6.45, 7) is 4.01. The third-order valence-electron chi connectivity index (χ3n) is 4.87. The summed E-state index contributed by atoms with van der Waals surface area (Å²) < 4.78 is 46.5. The molecule has 0 saturated heterocycles. The Balaban J connectivity index is 1.17. The molecule has 0 fully saturated rings. The lowest BCUT2D eigenvalue weighted by Gasteiger charge is -2.09. The Morgan fingerprint density at radius 3 is 2.18 bits per heavy atom. The van der Waals surface area contributed by atoms with Crippen molar-refractivity contribution in [1.29, 1.82) is 0 Å². The molecule has 0 bridgehead atoms. The summed E-state index contributed by atoms with van der Waals surface area (Å²) in [7, 11) is 0. The van der Waals surface area contributed by atoms with Crippen molar-refractivity contribution in [2.75, 3.05) is 72.6 Å². The third-order valence-corrected chi connectivity index (χ3v) is 5.77. The van der Waals surface area contributed by atoms with Gasteiger partial charge in [-0.3, -0.25) is 4.79 Å². The van der Waals surface area contributed by atoms with Crippen LogP contribution in [0.4, 0.5) is 4.39 Å². The van der Waals surface area contributed by atoms with Gasteiger partial charge in [-0.25, -0.2) is 9.37 Å². The number of aliphatic hydroxyl groups is 1. The maximum absolute atomic E-state index is 13.3. The zero-order valence-corrected chi connectivity index (χ0v) is 21.9. The number of ether oxygens (including phenoxy) is 6. The monoisotopic (exact) mass is 552 g/mol. The molecule has 10 nitrogen and oxygen atoms in total. The number of nitrogens with zero attached hydrogens (tertiary/aromatic N) is 1. The smallest absolute Gasteiger partial charge is 0.279 e. The zero-order chi connectivity index (χ0) is 26.8. The standard InChI is InChI=1S/C26H33FN2O8S/c27-20-2-7-23-24(18-20)38-26(29-23)37-22-5-3-21(4-6-22)36-19-25(31)28-8-1-10-32-12-14-34-16-17-35-15-13-33-11-9-30/h2-7,18,30H,1,8-17,19H2,(H,28,31). The molecule has 3 rings (SSSR count). The van der Waals surface area contributed by atoms with Crippen molar-refractivity contribution in [2.45, 2.75) is 6.42 Å². The maximum Gasteiger partial charge on any atom is 0.279 e. The van der Waals surface area contributed by atoms with Crippen LogP contribution in [0.2, 0.25) is 0 Å². The van der Waals surface area contributed by atoms with E-state index < -0.39 is 0 Å². The number of benzene rings is 2. The Hall–Kier alpha value is -2.87.